The number of rotatable bonds is 7. The number of anilines is 2. The number of hydrogen-bond donors (Lipinski definition) is 2. The van der Waals surface area contributed by atoms with E-state index in [1.54, 1.807) is 79.7 Å². The standard InChI is InChI=1S/C40H33ClFN3O6/c1-2-51-32-10-6-9-29(35(32)46)34-27-19-20-28-33(38(49)44(36(28)47)26-7-4-3-5-8-26)30(27)21-31-37(48)45(43-25-17-15-24(42)16-18-25)39(50)40(31,34)22-11-13-23(41)14-12-22/h3-19,28,30-31,33-34,43,46H,2,20-21H2,1H3/t28-,30+,31-,33-,34+,40+/m0/s1. The number of nitrogens with zero attached hydrogens (tertiary/aromatic N) is 2. The lowest BCUT2D eigenvalue weighted by molar-refractivity contribution is -0.138. The van der Waals surface area contributed by atoms with E-state index in [2.05, 4.69) is 5.43 Å². The molecule has 0 bridgehead atoms. The molecule has 4 aromatic rings. The molecule has 51 heavy (non-hydrogen) atoms. The third-order valence-corrected chi connectivity index (χ3v) is 11.2. The van der Waals surface area contributed by atoms with Crippen molar-refractivity contribution in [2.24, 2.45) is 23.7 Å². The Kier molecular flexibility index (Phi) is 7.94. The lowest BCUT2D eigenvalue weighted by Gasteiger charge is -2.50. The number of allylic oxidation sites excluding steroid dienone is 2. The van der Waals surface area contributed by atoms with E-state index in [4.69, 9.17) is 16.3 Å². The highest BCUT2D eigenvalue weighted by Gasteiger charge is 2.70. The maximum absolute atomic E-state index is 15.3. The Morgan fingerprint density at radius 1 is 0.882 bits per heavy atom. The van der Waals surface area contributed by atoms with Crippen LogP contribution in [0.1, 0.15) is 36.8 Å². The summed E-state index contributed by atoms with van der Waals surface area (Å²) in [4.78, 5) is 59.6. The first-order chi connectivity index (χ1) is 24.7. The maximum atomic E-state index is 15.3. The van der Waals surface area contributed by atoms with Crippen molar-refractivity contribution in [1.29, 1.82) is 0 Å². The van der Waals surface area contributed by atoms with Crippen LogP contribution in [0.15, 0.2) is 109 Å². The van der Waals surface area contributed by atoms with Crippen LogP contribution in [0, 0.1) is 29.5 Å². The minimum absolute atomic E-state index is 0.0753. The Balaban J connectivity index is 1.35. The molecule has 4 aliphatic rings. The maximum Gasteiger partial charge on any atom is 0.260 e. The second-order valence-corrected chi connectivity index (χ2v) is 13.8. The summed E-state index contributed by atoms with van der Waals surface area (Å²) >= 11 is 6.36. The van der Waals surface area contributed by atoms with E-state index in [0.717, 1.165) is 5.01 Å². The minimum atomic E-state index is -1.63. The number of phenolic OH excluding ortho intramolecular Hbond substituents is 1. The van der Waals surface area contributed by atoms with Crippen LogP contribution in [0.2, 0.25) is 5.02 Å². The van der Waals surface area contributed by atoms with Crippen LogP contribution in [0.3, 0.4) is 0 Å². The number of amides is 4. The van der Waals surface area contributed by atoms with Gasteiger partial charge in [-0.25, -0.2) is 4.39 Å². The van der Waals surface area contributed by atoms with Gasteiger partial charge in [-0.1, -0.05) is 65.7 Å². The number of halogens is 2. The Labute approximate surface area is 298 Å². The molecule has 1 saturated carbocycles. The average Bonchev–Trinajstić information content (AvgIpc) is 3.51. The van der Waals surface area contributed by atoms with E-state index in [1.807, 2.05) is 6.08 Å². The summed E-state index contributed by atoms with van der Waals surface area (Å²) in [6.45, 7) is 2.05. The largest absolute Gasteiger partial charge is 0.504 e. The van der Waals surface area contributed by atoms with Crippen LogP contribution >= 0.6 is 11.6 Å². The molecule has 2 aliphatic carbocycles. The topological polar surface area (TPSA) is 116 Å². The number of fused-ring (bicyclic) bond motifs is 4. The molecule has 2 heterocycles. The molecule has 9 nitrogen and oxygen atoms in total. The third kappa shape index (κ3) is 4.87. The van der Waals surface area contributed by atoms with Crippen molar-refractivity contribution in [3.63, 3.8) is 0 Å². The Bertz CT molecular complexity index is 2110. The quantitative estimate of drug-likeness (QED) is 0.161. The lowest BCUT2D eigenvalue weighted by atomic mass is 9.49. The van der Waals surface area contributed by atoms with Crippen LogP contribution < -0.4 is 15.1 Å². The number of benzene rings is 4. The number of imide groups is 2. The second kappa shape index (κ2) is 12.4. The summed E-state index contributed by atoms with van der Waals surface area (Å²) in [5.41, 5.74) is 3.60. The van der Waals surface area contributed by atoms with Gasteiger partial charge in [0.1, 0.15) is 5.82 Å². The van der Waals surface area contributed by atoms with Crippen LogP contribution in [-0.2, 0) is 24.6 Å². The number of ether oxygens (including phenoxy) is 1. The zero-order valence-electron chi connectivity index (χ0n) is 27.5. The van der Waals surface area contributed by atoms with Gasteiger partial charge < -0.3 is 9.84 Å². The van der Waals surface area contributed by atoms with Gasteiger partial charge in [0, 0.05) is 16.5 Å². The van der Waals surface area contributed by atoms with E-state index >= 15 is 4.79 Å². The molecule has 0 unspecified atom stereocenters. The summed E-state index contributed by atoms with van der Waals surface area (Å²) in [6, 6.07) is 25.8. The smallest absolute Gasteiger partial charge is 0.260 e. The Hall–Kier alpha value is -5.48. The van der Waals surface area contributed by atoms with Gasteiger partial charge in [-0.3, -0.25) is 29.5 Å². The zero-order chi connectivity index (χ0) is 35.6. The van der Waals surface area contributed by atoms with Crippen LogP contribution in [0.5, 0.6) is 11.5 Å². The molecule has 3 fully saturated rings. The van der Waals surface area contributed by atoms with Gasteiger partial charge in [0.25, 0.3) is 11.8 Å². The first-order valence-corrected chi connectivity index (χ1v) is 17.3. The summed E-state index contributed by atoms with van der Waals surface area (Å²) in [6.07, 6.45) is 2.23. The van der Waals surface area contributed by atoms with E-state index in [1.165, 1.54) is 29.2 Å². The average molecular weight is 706 g/mol. The first-order valence-electron chi connectivity index (χ1n) is 16.9. The molecule has 0 spiro atoms. The summed E-state index contributed by atoms with van der Waals surface area (Å²) in [5.74, 6) is -6.39. The second-order valence-electron chi connectivity index (χ2n) is 13.3. The molecule has 4 aromatic carbocycles. The molecule has 0 radical (unpaired) electrons. The van der Waals surface area contributed by atoms with Crippen molar-refractivity contribution in [3.8, 4) is 11.5 Å². The highest BCUT2D eigenvalue weighted by Crippen LogP contribution is 2.65. The first kappa shape index (κ1) is 32.7. The number of hydrogen-bond acceptors (Lipinski definition) is 7. The molecule has 6 atom stereocenters. The highest BCUT2D eigenvalue weighted by molar-refractivity contribution is 6.30. The fourth-order valence-electron chi connectivity index (χ4n) is 8.88. The van der Waals surface area contributed by atoms with Crippen molar-refractivity contribution < 1.29 is 33.4 Å². The molecule has 2 aliphatic heterocycles. The number of aromatic hydroxyl groups is 1. The molecule has 11 heteroatoms. The number of carbonyl (C=O) groups is 4. The van der Waals surface area contributed by atoms with Crippen molar-refractivity contribution in [3.05, 3.63) is 131 Å². The summed E-state index contributed by atoms with van der Waals surface area (Å²) < 4.78 is 19.7. The van der Waals surface area contributed by atoms with Crippen LogP contribution in [0.25, 0.3) is 0 Å². The van der Waals surface area contributed by atoms with E-state index < -0.39 is 52.6 Å². The predicted octanol–water partition coefficient (Wildman–Crippen LogP) is 6.77. The number of para-hydroxylation sites is 2. The van der Waals surface area contributed by atoms with Gasteiger partial charge >= 0.3 is 0 Å². The molecule has 258 valence electrons. The fraction of sp³-hybridized carbons (Fsp3) is 0.250. The van der Waals surface area contributed by atoms with E-state index in [-0.39, 0.29) is 42.8 Å². The van der Waals surface area contributed by atoms with Crippen molar-refractivity contribution in [1.82, 2.24) is 5.01 Å². The monoisotopic (exact) mass is 705 g/mol. The molecule has 8 rings (SSSR count). The Morgan fingerprint density at radius 3 is 2.31 bits per heavy atom. The number of phenols is 1. The summed E-state index contributed by atoms with van der Waals surface area (Å²) in [5, 5.41) is 13.3. The predicted molar refractivity (Wildman–Crippen MR) is 187 cm³/mol. The third-order valence-electron chi connectivity index (χ3n) is 10.9. The molecule has 0 aromatic heterocycles. The Morgan fingerprint density at radius 2 is 1.61 bits per heavy atom. The highest BCUT2D eigenvalue weighted by atomic mass is 35.5. The number of nitrogens with one attached hydrogen (secondary N) is 1. The summed E-state index contributed by atoms with van der Waals surface area (Å²) in [7, 11) is 0. The SMILES string of the molecule is CCOc1cccc([C@H]2C3=CC[C@@H]4C(=O)N(c5ccccc5)C(=O)[C@@H]4[C@@H]3C[C@H]3C(=O)N(Nc4ccc(F)cc4)C(=O)[C@@]23c2ccc(Cl)cc2)c1O. The molecule has 2 saturated heterocycles. The fourth-order valence-corrected chi connectivity index (χ4v) is 9.00. The van der Waals surface area contributed by atoms with Gasteiger partial charge in [0.05, 0.1) is 41.2 Å². The zero-order valence-corrected chi connectivity index (χ0v) is 28.2. The minimum Gasteiger partial charge on any atom is -0.504 e. The van der Waals surface area contributed by atoms with Crippen LogP contribution in [0.4, 0.5) is 15.8 Å². The van der Waals surface area contributed by atoms with Gasteiger partial charge in [0.15, 0.2) is 11.5 Å². The van der Waals surface area contributed by atoms with Gasteiger partial charge in [0.2, 0.25) is 11.8 Å². The van der Waals surface area contributed by atoms with Crippen molar-refractivity contribution in [2.45, 2.75) is 31.1 Å². The van der Waals surface area contributed by atoms with Gasteiger partial charge in [-0.2, -0.15) is 5.01 Å². The lowest BCUT2D eigenvalue weighted by Crippen LogP contribution is -2.53. The van der Waals surface area contributed by atoms with Gasteiger partial charge in [-0.05, 0) is 85.8 Å². The van der Waals surface area contributed by atoms with E-state index in [9.17, 15) is 23.9 Å². The number of carbonyl (C=O) groups excluding carboxylic acids is 4. The van der Waals surface area contributed by atoms with E-state index in [0.29, 0.717) is 33.1 Å². The van der Waals surface area contributed by atoms with Crippen molar-refractivity contribution in [2.75, 3.05) is 16.9 Å². The van der Waals surface area contributed by atoms with Crippen LogP contribution in [-0.4, -0.2) is 40.4 Å². The molecular weight excluding hydrogens is 673 g/mol. The molecular formula is C40H33ClFN3O6. The molecule has 2 N–H and O–H groups in total. The van der Waals surface area contributed by atoms with Crippen molar-refractivity contribution >= 4 is 46.6 Å². The normalized spacial score (nSPS) is 26.8. The molecule has 4 amide bonds. The van der Waals surface area contributed by atoms with Gasteiger partial charge in [-0.15, -0.1) is 0 Å². The number of hydrazine groups is 1.